The lowest BCUT2D eigenvalue weighted by Gasteiger charge is -2.29. The summed E-state index contributed by atoms with van der Waals surface area (Å²) in [5, 5.41) is 10.3. The number of thiophene rings is 2. The van der Waals surface area contributed by atoms with E-state index in [2.05, 4.69) is 193 Å². The van der Waals surface area contributed by atoms with Gasteiger partial charge in [0.05, 0.1) is 16.1 Å². The van der Waals surface area contributed by atoms with E-state index in [1.165, 1.54) is 89.8 Å². The van der Waals surface area contributed by atoms with Gasteiger partial charge in [0.15, 0.2) is 0 Å². The molecule has 11 aromatic rings. The van der Waals surface area contributed by atoms with Crippen LogP contribution in [0.15, 0.2) is 188 Å². The second-order valence-corrected chi connectivity index (χ2v) is 15.8. The fraction of sp³-hybridized carbons (Fsp3) is 0. The summed E-state index contributed by atoms with van der Waals surface area (Å²) in [5.74, 6) is 0. The molecular weight excluding hydrogens is 679 g/mol. The number of fused-ring (bicyclic) bond motifs is 9. The van der Waals surface area contributed by atoms with Crippen molar-refractivity contribution in [2.45, 2.75) is 0 Å². The van der Waals surface area contributed by atoms with Crippen LogP contribution < -0.4 is 4.90 Å². The van der Waals surface area contributed by atoms with E-state index in [1.54, 1.807) is 0 Å². The molecule has 9 aromatic carbocycles. The molecule has 0 saturated heterocycles. The number of rotatable bonds is 5. The zero-order valence-corrected chi connectivity index (χ0v) is 30.3. The van der Waals surface area contributed by atoms with Crippen LogP contribution in [0.1, 0.15) is 0 Å². The van der Waals surface area contributed by atoms with Crippen LogP contribution >= 0.6 is 22.7 Å². The van der Waals surface area contributed by atoms with Crippen LogP contribution in [0.4, 0.5) is 17.1 Å². The lowest BCUT2D eigenvalue weighted by molar-refractivity contribution is 1.31. The summed E-state index contributed by atoms with van der Waals surface area (Å²) in [6, 6.07) is 69.3. The molecular formula is C50H31NS2. The van der Waals surface area contributed by atoms with Crippen LogP contribution in [0.5, 0.6) is 0 Å². The van der Waals surface area contributed by atoms with E-state index in [0.29, 0.717) is 0 Å². The fourth-order valence-electron chi connectivity index (χ4n) is 8.21. The fourth-order valence-corrected chi connectivity index (χ4v) is 10.6. The predicted molar refractivity (Wildman–Crippen MR) is 233 cm³/mol. The highest BCUT2D eigenvalue weighted by molar-refractivity contribution is 7.26. The van der Waals surface area contributed by atoms with E-state index in [4.69, 9.17) is 0 Å². The monoisotopic (exact) mass is 709 g/mol. The SMILES string of the molecule is c1ccc(-c2ccc(-c3cc4ccccc4c4ccccc34)cc2N(c2ccc3c(c2)sc2ccccc23)c2cccc3c2sc2ccccc23)cc1. The molecule has 0 atom stereocenters. The van der Waals surface area contributed by atoms with E-state index >= 15 is 0 Å². The van der Waals surface area contributed by atoms with Crippen molar-refractivity contribution in [3.8, 4) is 22.3 Å². The second-order valence-electron chi connectivity index (χ2n) is 13.7. The highest BCUT2D eigenvalue weighted by atomic mass is 32.1. The Morgan fingerprint density at radius 3 is 1.79 bits per heavy atom. The van der Waals surface area contributed by atoms with E-state index in [-0.39, 0.29) is 0 Å². The molecule has 0 unspecified atom stereocenters. The Balaban J connectivity index is 1.24. The molecule has 53 heavy (non-hydrogen) atoms. The summed E-state index contributed by atoms with van der Waals surface area (Å²) in [4.78, 5) is 2.52. The number of hydrogen-bond acceptors (Lipinski definition) is 3. The minimum atomic E-state index is 1.15. The van der Waals surface area contributed by atoms with E-state index in [0.717, 1.165) is 11.4 Å². The van der Waals surface area contributed by atoms with Gasteiger partial charge in [0.25, 0.3) is 0 Å². The maximum atomic E-state index is 2.52. The van der Waals surface area contributed by atoms with Crippen LogP contribution in [-0.2, 0) is 0 Å². The van der Waals surface area contributed by atoms with Crippen molar-refractivity contribution in [1.82, 2.24) is 0 Å². The highest BCUT2D eigenvalue weighted by Gasteiger charge is 2.23. The third-order valence-electron chi connectivity index (χ3n) is 10.6. The highest BCUT2D eigenvalue weighted by Crippen LogP contribution is 2.50. The second kappa shape index (κ2) is 12.2. The van der Waals surface area contributed by atoms with Gasteiger partial charge in [0, 0.05) is 46.9 Å². The largest absolute Gasteiger partial charge is 0.308 e. The van der Waals surface area contributed by atoms with Gasteiger partial charge < -0.3 is 4.90 Å². The molecule has 0 radical (unpaired) electrons. The van der Waals surface area contributed by atoms with Gasteiger partial charge in [-0.25, -0.2) is 0 Å². The van der Waals surface area contributed by atoms with E-state index < -0.39 is 0 Å². The van der Waals surface area contributed by atoms with Crippen molar-refractivity contribution in [3.63, 3.8) is 0 Å². The quantitative estimate of drug-likeness (QED) is 0.161. The Labute approximate surface area is 315 Å². The zero-order chi connectivity index (χ0) is 34.9. The molecule has 248 valence electrons. The van der Waals surface area contributed by atoms with Crippen LogP contribution in [0.3, 0.4) is 0 Å². The zero-order valence-electron chi connectivity index (χ0n) is 28.7. The predicted octanol–water partition coefficient (Wildman–Crippen LogP) is 15.5. The Bertz CT molecular complexity index is 3190. The van der Waals surface area contributed by atoms with Crippen LogP contribution in [0.25, 0.3) is 84.1 Å². The van der Waals surface area contributed by atoms with E-state index in [9.17, 15) is 0 Å². The summed E-state index contributed by atoms with van der Waals surface area (Å²) in [6.07, 6.45) is 0. The molecule has 0 amide bonds. The van der Waals surface area contributed by atoms with Crippen molar-refractivity contribution in [1.29, 1.82) is 0 Å². The topological polar surface area (TPSA) is 3.24 Å². The third kappa shape index (κ3) is 4.89. The Hall–Kier alpha value is -6.26. The minimum Gasteiger partial charge on any atom is -0.308 e. The normalized spacial score (nSPS) is 11.8. The van der Waals surface area contributed by atoms with Crippen LogP contribution in [0.2, 0.25) is 0 Å². The van der Waals surface area contributed by atoms with Crippen molar-refractivity contribution in [3.05, 3.63) is 188 Å². The molecule has 0 bridgehead atoms. The first kappa shape index (κ1) is 30.4. The Kier molecular flexibility index (Phi) is 6.97. The summed E-state index contributed by atoms with van der Waals surface area (Å²) in [5.41, 5.74) is 8.28. The lowest BCUT2D eigenvalue weighted by Crippen LogP contribution is -2.11. The summed E-state index contributed by atoms with van der Waals surface area (Å²) >= 11 is 3.75. The molecule has 0 aliphatic rings. The molecule has 0 aliphatic carbocycles. The van der Waals surface area contributed by atoms with Gasteiger partial charge in [0.1, 0.15) is 0 Å². The van der Waals surface area contributed by atoms with Gasteiger partial charge in [-0.2, -0.15) is 0 Å². The lowest BCUT2D eigenvalue weighted by atomic mass is 9.91. The maximum absolute atomic E-state index is 2.52. The van der Waals surface area contributed by atoms with Gasteiger partial charge in [-0.05, 0) is 80.7 Å². The Morgan fingerprint density at radius 2 is 0.962 bits per heavy atom. The molecule has 11 rings (SSSR count). The van der Waals surface area contributed by atoms with Gasteiger partial charge in [-0.15, -0.1) is 22.7 Å². The molecule has 3 heteroatoms. The van der Waals surface area contributed by atoms with Crippen molar-refractivity contribution in [2.24, 2.45) is 0 Å². The molecule has 0 aliphatic heterocycles. The number of benzene rings is 9. The Morgan fingerprint density at radius 1 is 0.321 bits per heavy atom. The third-order valence-corrected chi connectivity index (χ3v) is 13.0. The van der Waals surface area contributed by atoms with Crippen LogP contribution in [-0.4, -0.2) is 0 Å². The summed E-state index contributed by atoms with van der Waals surface area (Å²) < 4.78 is 5.18. The number of nitrogens with zero attached hydrogens (tertiary/aromatic N) is 1. The first-order valence-corrected chi connectivity index (χ1v) is 19.6. The smallest absolute Gasteiger partial charge is 0.0640 e. The maximum Gasteiger partial charge on any atom is 0.0640 e. The molecule has 0 saturated carbocycles. The molecule has 2 heterocycles. The average Bonchev–Trinajstić information content (AvgIpc) is 3.80. The number of hydrogen-bond donors (Lipinski definition) is 0. The molecule has 1 nitrogen and oxygen atoms in total. The average molecular weight is 710 g/mol. The summed E-state index contributed by atoms with van der Waals surface area (Å²) in [6.45, 7) is 0. The first-order valence-electron chi connectivity index (χ1n) is 18.0. The first-order chi connectivity index (χ1) is 26.3. The molecule has 0 N–H and O–H groups in total. The summed E-state index contributed by atoms with van der Waals surface area (Å²) in [7, 11) is 0. The van der Waals surface area contributed by atoms with Gasteiger partial charge in [0.2, 0.25) is 0 Å². The van der Waals surface area contributed by atoms with Crippen LogP contribution in [0, 0.1) is 0 Å². The van der Waals surface area contributed by atoms with Crippen molar-refractivity contribution < 1.29 is 0 Å². The van der Waals surface area contributed by atoms with Crippen molar-refractivity contribution in [2.75, 3.05) is 4.90 Å². The number of anilines is 3. The van der Waals surface area contributed by atoms with Gasteiger partial charge in [-0.3, -0.25) is 0 Å². The molecule has 2 aromatic heterocycles. The minimum absolute atomic E-state index is 1.15. The van der Waals surface area contributed by atoms with E-state index in [1.807, 2.05) is 22.7 Å². The molecule has 0 spiro atoms. The van der Waals surface area contributed by atoms with Gasteiger partial charge in [-0.1, -0.05) is 146 Å². The molecule has 0 fully saturated rings. The standard InChI is InChI=1S/C50H31NS2/c1-2-13-32(14-3-1)37-27-25-34(44-29-33-15-4-5-16-36(33)38-17-6-7-18-39(38)44)30-46(37)51(35-26-28-42-40-19-8-10-23-47(40)52-49(42)31-35)45-22-12-21-43-41-20-9-11-24-48(41)53-50(43)45/h1-31H. The van der Waals surface area contributed by atoms with Gasteiger partial charge >= 0.3 is 0 Å². The van der Waals surface area contributed by atoms with Crippen molar-refractivity contribution >= 4 is 102 Å².